The molecule has 0 bridgehead atoms. The number of guanidine groups is 1. The van der Waals surface area contributed by atoms with Crippen molar-refractivity contribution in [3.05, 3.63) is 54.1 Å². The topological polar surface area (TPSA) is 68.7 Å². The van der Waals surface area contributed by atoms with Gasteiger partial charge < -0.3 is 15.5 Å². The van der Waals surface area contributed by atoms with Crippen LogP contribution in [0.25, 0.3) is 0 Å². The molecule has 1 aromatic heterocycles. The smallest absolute Gasteiger partial charge is 0.225 e. The highest BCUT2D eigenvalue weighted by molar-refractivity contribution is 5.79. The van der Waals surface area contributed by atoms with E-state index >= 15 is 0 Å². The average molecular weight is 440 g/mol. The molecule has 8 heteroatoms. The lowest BCUT2D eigenvalue weighted by atomic mass is 9.96. The van der Waals surface area contributed by atoms with Crippen LogP contribution in [0.15, 0.2) is 47.7 Å². The number of aromatic nitrogens is 2. The highest BCUT2D eigenvalue weighted by atomic mass is 19.1. The first-order chi connectivity index (χ1) is 15.7. The normalized spacial score (nSPS) is 18.4. The monoisotopic (exact) mass is 439 g/mol. The maximum absolute atomic E-state index is 13.6. The van der Waals surface area contributed by atoms with Crippen LogP contribution in [-0.4, -0.2) is 73.2 Å². The van der Waals surface area contributed by atoms with Crippen LogP contribution in [0.2, 0.25) is 0 Å². The van der Waals surface area contributed by atoms with Crippen LogP contribution in [0.5, 0.6) is 0 Å². The van der Waals surface area contributed by atoms with Gasteiger partial charge in [0, 0.05) is 57.1 Å². The van der Waals surface area contributed by atoms with Crippen molar-refractivity contribution in [2.24, 2.45) is 4.99 Å². The molecule has 0 spiro atoms. The quantitative estimate of drug-likeness (QED) is 0.355. The summed E-state index contributed by atoms with van der Waals surface area (Å²) >= 11 is 0. The first-order valence-corrected chi connectivity index (χ1v) is 11.7. The van der Waals surface area contributed by atoms with E-state index < -0.39 is 0 Å². The number of aliphatic imine (C=N–C) groups is 1. The molecule has 0 atom stereocenters. The van der Waals surface area contributed by atoms with E-state index in [9.17, 15) is 4.39 Å². The first kappa shape index (κ1) is 22.5. The van der Waals surface area contributed by atoms with E-state index in [1.165, 1.54) is 6.07 Å². The van der Waals surface area contributed by atoms with Crippen molar-refractivity contribution in [2.45, 2.75) is 31.6 Å². The molecule has 1 saturated carbocycles. The zero-order valence-electron chi connectivity index (χ0n) is 18.9. The first-order valence-electron chi connectivity index (χ1n) is 11.7. The lowest BCUT2D eigenvalue weighted by Gasteiger charge is -2.34. The fraction of sp³-hybridized carbons (Fsp3) is 0.542. The number of hydrogen-bond donors (Lipinski definition) is 2. The predicted octanol–water partition coefficient (Wildman–Crippen LogP) is 2.41. The molecule has 2 aromatic rings. The minimum Gasteiger partial charge on any atom is -0.357 e. The average Bonchev–Trinajstić information content (AvgIpc) is 3.62. The van der Waals surface area contributed by atoms with Gasteiger partial charge in [0.25, 0.3) is 0 Å². The van der Waals surface area contributed by atoms with Gasteiger partial charge in [-0.3, -0.25) is 9.89 Å². The van der Waals surface area contributed by atoms with Crippen LogP contribution in [0.4, 0.5) is 10.3 Å². The number of benzene rings is 1. The molecule has 1 aromatic carbocycles. The molecule has 32 heavy (non-hydrogen) atoms. The summed E-state index contributed by atoms with van der Waals surface area (Å²) in [6.45, 7) is 9.51. The van der Waals surface area contributed by atoms with Crippen LogP contribution < -0.4 is 15.5 Å². The molecule has 2 heterocycles. The molecule has 0 radical (unpaired) electrons. The molecule has 0 unspecified atom stereocenters. The Labute approximate surface area is 190 Å². The Balaban J connectivity index is 1.19. The summed E-state index contributed by atoms with van der Waals surface area (Å²) in [5, 5.41) is 6.80. The number of nitrogens with one attached hydrogen (secondary N) is 2. The Morgan fingerprint density at radius 1 is 1.09 bits per heavy atom. The molecule has 0 amide bonds. The SMILES string of the molecule is CCNC(=NCC1(c2cccc(F)c2)CC1)NCCCN1CCN(c2ncccn2)CC1. The minimum absolute atomic E-state index is 0.00654. The molecule has 2 N–H and O–H groups in total. The van der Waals surface area contributed by atoms with E-state index in [1.807, 2.05) is 12.1 Å². The van der Waals surface area contributed by atoms with Gasteiger partial charge in [0.15, 0.2) is 5.96 Å². The zero-order chi connectivity index (χ0) is 22.2. The van der Waals surface area contributed by atoms with Gasteiger partial charge in [0.2, 0.25) is 5.95 Å². The number of hydrogen-bond acceptors (Lipinski definition) is 5. The fourth-order valence-electron chi connectivity index (χ4n) is 4.21. The standard InChI is InChI=1S/C24H34FN7/c1-2-26-22(30-19-24(8-9-24)20-6-3-7-21(25)18-20)27-12-5-13-31-14-16-32(17-15-31)23-28-10-4-11-29-23/h3-4,6-7,10-11,18H,2,5,8-9,12-17,19H2,1H3,(H2,26,27,30). The Kier molecular flexibility index (Phi) is 7.52. The van der Waals surface area contributed by atoms with Crippen LogP contribution in [-0.2, 0) is 5.41 Å². The third-order valence-corrected chi connectivity index (χ3v) is 6.33. The Morgan fingerprint density at radius 3 is 2.56 bits per heavy atom. The lowest BCUT2D eigenvalue weighted by Crippen LogP contribution is -2.47. The van der Waals surface area contributed by atoms with E-state index in [-0.39, 0.29) is 11.2 Å². The second-order valence-corrected chi connectivity index (χ2v) is 8.64. The molecular formula is C24H34FN7. The van der Waals surface area contributed by atoms with Crippen molar-refractivity contribution in [3.8, 4) is 0 Å². The second-order valence-electron chi connectivity index (χ2n) is 8.64. The molecule has 1 aliphatic carbocycles. The lowest BCUT2D eigenvalue weighted by molar-refractivity contribution is 0.254. The Hall–Kier alpha value is -2.74. The van der Waals surface area contributed by atoms with Gasteiger partial charge in [-0.1, -0.05) is 12.1 Å². The molecule has 7 nitrogen and oxygen atoms in total. The van der Waals surface area contributed by atoms with Gasteiger partial charge in [0.1, 0.15) is 5.82 Å². The maximum Gasteiger partial charge on any atom is 0.225 e. The summed E-state index contributed by atoms with van der Waals surface area (Å²) in [7, 11) is 0. The van der Waals surface area contributed by atoms with E-state index in [0.717, 1.165) is 82.5 Å². The predicted molar refractivity (Wildman–Crippen MR) is 127 cm³/mol. The van der Waals surface area contributed by atoms with Gasteiger partial charge in [0.05, 0.1) is 6.54 Å². The zero-order valence-corrected chi connectivity index (χ0v) is 18.9. The highest BCUT2D eigenvalue weighted by Crippen LogP contribution is 2.48. The third-order valence-electron chi connectivity index (χ3n) is 6.33. The maximum atomic E-state index is 13.6. The van der Waals surface area contributed by atoms with Crippen molar-refractivity contribution in [1.82, 2.24) is 25.5 Å². The minimum atomic E-state index is -0.167. The number of piperazine rings is 1. The summed E-state index contributed by atoms with van der Waals surface area (Å²) in [5.41, 5.74) is 1.07. The third kappa shape index (κ3) is 5.94. The summed E-state index contributed by atoms with van der Waals surface area (Å²) in [6.07, 6.45) is 6.79. The summed E-state index contributed by atoms with van der Waals surface area (Å²) in [6, 6.07) is 8.83. The van der Waals surface area contributed by atoms with Gasteiger partial charge in [-0.15, -0.1) is 0 Å². The van der Waals surface area contributed by atoms with Gasteiger partial charge in [-0.25, -0.2) is 14.4 Å². The van der Waals surface area contributed by atoms with Crippen molar-refractivity contribution in [1.29, 1.82) is 0 Å². The van der Waals surface area contributed by atoms with Gasteiger partial charge in [-0.05, 0) is 56.5 Å². The molecule has 2 aliphatic rings. The largest absolute Gasteiger partial charge is 0.357 e. The van der Waals surface area contributed by atoms with E-state index in [1.54, 1.807) is 24.5 Å². The van der Waals surface area contributed by atoms with Gasteiger partial charge in [-0.2, -0.15) is 0 Å². The van der Waals surface area contributed by atoms with Gasteiger partial charge >= 0.3 is 0 Å². The number of nitrogens with zero attached hydrogens (tertiary/aromatic N) is 5. The summed E-state index contributed by atoms with van der Waals surface area (Å²) in [5.74, 6) is 1.51. The molecule has 172 valence electrons. The van der Waals surface area contributed by atoms with Crippen LogP contribution in [0.3, 0.4) is 0 Å². The summed E-state index contributed by atoms with van der Waals surface area (Å²) < 4.78 is 13.6. The number of halogens is 1. The van der Waals surface area contributed by atoms with Crippen molar-refractivity contribution in [3.63, 3.8) is 0 Å². The van der Waals surface area contributed by atoms with Crippen molar-refractivity contribution in [2.75, 3.05) is 57.3 Å². The van der Waals surface area contributed by atoms with Crippen molar-refractivity contribution < 1.29 is 4.39 Å². The molecule has 1 saturated heterocycles. The highest BCUT2D eigenvalue weighted by Gasteiger charge is 2.44. The van der Waals surface area contributed by atoms with E-state index in [4.69, 9.17) is 4.99 Å². The number of rotatable bonds is 9. The molecule has 2 fully saturated rings. The Morgan fingerprint density at radius 2 is 1.88 bits per heavy atom. The Bertz CT molecular complexity index is 877. The van der Waals surface area contributed by atoms with Crippen LogP contribution in [0.1, 0.15) is 31.7 Å². The van der Waals surface area contributed by atoms with E-state index in [0.29, 0.717) is 6.54 Å². The number of anilines is 1. The fourth-order valence-corrected chi connectivity index (χ4v) is 4.21. The van der Waals surface area contributed by atoms with Crippen LogP contribution >= 0.6 is 0 Å². The molecule has 4 rings (SSSR count). The molecular weight excluding hydrogens is 405 g/mol. The van der Waals surface area contributed by atoms with Crippen LogP contribution in [0, 0.1) is 5.82 Å². The summed E-state index contributed by atoms with van der Waals surface area (Å²) in [4.78, 5) is 18.3. The second kappa shape index (κ2) is 10.7. The van der Waals surface area contributed by atoms with Crippen molar-refractivity contribution >= 4 is 11.9 Å². The van der Waals surface area contributed by atoms with E-state index in [2.05, 4.69) is 37.3 Å². The molecule has 1 aliphatic heterocycles.